The summed E-state index contributed by atoms with van der Waals surface area (Å²) in [6.07, 6.45) is 29.8. The molecule has 0 aromatic rings. The number of carboxylic acid groups (broad SMARTS) is 1. The number of rotatable bonds is 13. The Labute approximate surface area is 389 Å². The van der Waals surface area contributed by atoms with Gasteiger partial charge in [0.15, 0.2) is 0 Å². The zero-order valence-electron chi connectivity index (χ0n) is 38.1. The van der Waals surface area contributed by atoms with Gasteiger partial charge in [-0.1, -0.05) is 96.5 Å². The van der Waals surface area contributed by atoms with Crippen molar-refractivity contribution >= 4 is 76.4 Å². The Bertz CT molecular complexity index is 1580. The van der Waals surface area contributed by atoms with Crippen LogP contribution in [0.2, 0.25) is 44.8 Å². The van der Waals surface area contributed by atoms with Crippen LogP contribution >= 0.6 is 0 Å². The van der Waals surface area contributed by atoms with E-state index < -0.39 is 76.4 Å². The van der Waals surface area contributed by atoms with Crippen molar-refractivity contribution in [2.45, 2.75) is 244 Å². The molecule has 13 aliphatic rings. The molecule has 6 saturated heterocycles. The van der Waals surface area contributed by atoms with Gasteiger partial charge in [-0.15, -0.1) is 0 Å². The van der Waals surface area contributed by atoms with Crippen LogP contribution in [-0.4, -0.2) is 81.5 Å². The van der Waals surface area contributed by atoms with Gasteiger partial charge in [0.2, 0.25) is 0 Å². The van der Waals surface area contributed by atoms with Gasteiger partial charge in [0, 0.05) is 50.4 Å². The molecule has 64 heavy (non-hydrogen) atoms. The summed E-state index contributed by atoms with van der Waals surface area (Å²) in [6.45, 7) is 3.90. The Morgan fingerprint density at radius 1 is 0.359 bits per heavy atom. The largest absolute Gasteiger partial charge is 0.482 e. The predicted octanol–water partition coefficient (Wildman–Crippen LogP) is 11.2. The Morgan fingerprint density at radius 3 is 0.766 bits per heavy atom. The molecule has 0 aromatic carbocycles. The van der Waals surface area contributed by atoms with Gasteiger partial charge in [0.25, 0.3) is 0 Å². The Balaban J connectivity index is 1.14. The highest BCUT2D eigenvalue weighted by Gasteiger charge is 2.88. The van der Waals surface area contributed by atoms with Crippen LogP contribution in [0, 0.1) is 0 Å². The average molecular weight is 1030 g/mol. The fourth-order valence-corrected chi connectivity index (χ4v) is 70.8. The summed E-state index contributed by atoms with van der Waals surface area (Å²) in [5, 5.41) is 9.85. The molecule has 6 aliphatic heterocycles. The fraction of sp³-hybridized carbons (Fsp3) is 0.929. The number of carbonyl (C=O) groups is 1. The minimum Gasteiger partial charge on any atom is -0.478 e. The molecule has 22 heteroatoms. The van der Waals surface area contributed by atoms with E-state index in [1.54, 1.807) is 0 Å². The molecular weight excluding hydrogens is 953 g/mol. The van der Waals surface area contributed by atoms with Crippen molar-refractivity contribution in [3.63, 3.8) is 0 Å². The smallest absolute Gasteiger partial charge is 0.478 e. The quantitative estimate of drug-likeness (QED) is 0.106. The predicted molar refractivity (Wildman–Crippen MR) is 250 cm³/mol. The topological polar surface area (TPSA) is 148 Å². The maximum atomic E-state index is 12.0. The highest BCUT2D eigenvalue weighted by molar-refractivity contribution is 7.04. The molecule has 0 aromatic heterocycles. The minimum atomic E-state index is -4.07. The molecule has 358 valence electrons. The number of hydrogen-bond donors (Lipinski definition) is 1. The molecule has 6 heterocycles. The summed E-state index contributed by atoms with van der Waals surface area (Å²) >= 11 is 0. The molecule has 13 rings (SSSR count). The maximum Gasteiger partial charge on any atom is 0.482 e. The lowest BCUT2D eigenvalue weighted by molar-refractivity contribution is -0.132. The zero-order valence-corrected chi connectivity index (χ0v) is 46.1. The number of unbranched alkanes of at least 4 members (excludes halogenated alkanes) is 1. The zero-order chi connectivity index (χ0) is 43.3. The summed E-state index contributed by atoms with van der Waals surface area (Å²) in [4.78, 5) is 12.0. The molecule has 1 N–H and O–H groups in total. The van der Waals surface area contributed by atoms with E-state index in [0.717, 1.165) is 180 Å². The van der Waals surface area contributed by atoms with E-state index in [0.29, 0.717) is 25.3 Å². The summed E-state index contributed by atoms with van der Waals surface area (Å²) < 4.78 is 101. The van der Waals surface area contributed by atoms with Gasteiger partial charge in [-0.2, -0.15) is 0 Å². The van der Waals surface area contributed by atoms with Crippen molar-refractivity contribution in [1.29, 1.82) is 0 Å². The molecule has 14 nitrogen and oxygen atoms in total. The van der Waals surface area contributed by atoms with Crippen LogP contribution in [0.1, 0.15) is 199 Å². The van der Waals surface area contributed by atoms with Gasteiger partial charge < -0.3 is 54.5 Å². The van der Waals surface area contributed by atoms with E-state index in [-0.39, 0.29) is 44.4 Å². The first kappa shape index (κ1) is 45.6. The van der Waals surface area contributed by atoms with E-state index in [4.69, 9.17) is 49.4 Å². The first-order valence-electron chi connectivity index (χ1n) is 26.4. The van der Waals surface area contributed by atoms with Crippen LogP contribution in [0.4, 0.5) is 0 Å². The SMILES string of the molecule is C=C(CCCC[Si]12O[Si]3(C4CCCC4)O[Si]4(C5CCCC5)O[Si](C5CCCC5)(O1)O[Si]1(C5CCCC5)O[Si](C5CCCC5)(O2)O[Si](C2CCCC2)(O3)O[Si](C2CCCC2)(O4)O1)C(=O)O. The Kier molecular flexibility index (Phi) is 12.4. The van der Waals surface area contributed by atoms with E-state index in [1.807, 2.05) is 0 Å². The lowest BCUT2D eigenvalue weighted by Crippen LogP contribution is -2.90. The summed E-state index contributed by atoms with van der Waals surface area (Å²) in [5.74, 6) is -0.959. The third-order valence-electron chi connectivity index (χ3n) is 18.0. The highest BCUT2D eigenvalue weighted by Crippen LogP contribution is 2.66. The van der Waals surface area contributed by atoms with Crippen molar-refractivity contribution in [2.75, 3.05) is 0 Å². The fourth-order valence-electron chi connectivity index (χ4n) is 14.6. The van der Waals surface area contributed by atoms with Crippen molar-refractivity contribution in [2.24, 2.45) is 0 Å². The van der Waals surface area contributed by atoms with Gasteiger partial charge in [-0.3, -0.25) is 0 Å². The molecule has 0 spiro atoms. The van der Waals surface area contributed by atoms with Gasteiger partial charge in [0.1, 0.15) is 0 Å². The highest BCUT2D eigenvalue weighted by atomic mass is 28.6. The number of hydrogen-bond acceptors (Lipinski definition) is 13. The molecule has 13 fully saturated rings. The second kappa shape index (κ2) is 17.4. The van der Waals surface area contributed by atoms with Gasteiger partial charge in [-0.25, -0.2) is 4.79 Å². The Morgan fingerprint density at radius 2 is 0.562 bits per heavy atom. The van der Waals surface area contributed by atoms with Crippen molar-refractivity contribution in [1.82, 2.24) is 0 Å². The van der Waals surface area contributed by atoms with E-state index in [1.165, 1.54) is 0 Å². The lowest BCUT2D eigenvalue weighted by atomic mass is 10.1. The molecule has 7 saturated carbocycles. The van der Waals surface area contributed by atoms with Crippen molar-refractivity contribution < 1.29 is 59.3 Å². The van der Waals surface area contributed by atoms with Gasteiger partial charge >= 0.3 is 76.4 Å². The second-order valence-electron chi connectivity index (χ2n) is 22.1. The summed E-state index contributed by atoms with van der Waals surface area (Å²) in [6, 6.07) is 0.438. The van der Waals surface area contributed by atoms with Gasteiger partial charge in [0.05, 0.1) is 0 Å². The molecular formula is C42H74O14Si8. The molecule has 0 unspecified atom stereocenters. The maximum absolute atomic E-state index is 12.0. The Hall–Kier alpha value is 0.465. The van der Waals surface area contributed by atoms with Crippen LogP contribution in [0.3, 0.4) is 0 Å². The van der Waals surface area contributed by atoms with Crippen molar-refractivity contribution in [3.8, 4) is 0 Å². The minimum absolute atomic E-state index is 0.0122. The molecule has 0 atom stereocenters. The normalized spacial score (nSPS) is 46.3. The van der Waals surface area contributed by atoms with Crippen LogP contribution < -0.4 is 0 Å². The molecule has 0 radical (unpaired) electrons. The van der Waals surface area contributed by atoms with Crippen LogP contribution in [0.5, 0.6) is 0 Å². The van der Waals surface area contributed by atoms with Gasteiger partial charge in [-0.05, 0) is 109 Å². The van der Waals surface area contributed by atoms with Crippen LogP contribution in [0.25, 0.3) is 0 Å². The molecule has 8 bridgehead atoms. The van der Waals surface area contributed by atoms with Crippen LogP contribution in [-0.2, 0) is 54.2 Å². The second-order valence-corrected chi connectivity index (χ2v) is 47.9. The third-order valence-corrected chi connectivity index (χ3v) is 57.6. The summed E-state index contributed by atoms with van der Waals surface area (Å²) in [7, 11) is -31.9. The lowest BCUT2D eigenvalue weighted by Gasteiger charge is -2.66. The van der Waals surface area contributed by atoms with E-state index in [9.17, 15) is 9.90 Å². The average Bonchev–Trinajstić information content (AvgIpc) is 4.12. The van der Waals surface area contributed by atoms with Crippen molar-refractivity contribution in [3.05, 3.63) is 12.2 Å². The summed E-state index contributed by atoms with van der Waals surface area (Å²) in [5.41, 5.74) is 0.273. The first-order chi connectivity index (χ1) is 31.0. The van der Waals surface area contributed by atoms with E-state index >= 15 is 0 Å². The number of aliphatic carboxylic acids is 1. The van der Waals surface area contributed by atoms with E-state index in [2.05, 4.69) is 6.58 Å². The van der Waals surface area contributed by atoms with Crippen LogP contribution in [0.15, 0.2) is 12.2 Å². The molecule has 7 aliphatic carbocycles. The standard InChI is InChI=1S/C42H74O14Si8/c1-34(42(43)44)18-16-17-33-57-45-58(35-19-2-3-20-35)48-61(38-25-8-9-26-38)50-59(46-57,36-21-4-5-22-36)52-63(40-29-12-13-30-40)53-60(47-57,37-23-6-7-24-37)51-62(49-58,39-27-10-11-28-39)55-64(54-61,56-63)41-31-14-15-32-41/h35-41H,1-33H2,(H,43,44). The molecule has 0 amide bonds. The monoisotopic (exact) mass is 1030 g/mol. The third kappa shape index (κ3) is 7.67. The number of carboxylic acids is 1. The first-order valence-corrected chi connectivity index (χ1v) is 40.9.